The summed E-state index contributed by atoms with van der Waals surface area (Å²) in [4.78, 5) is 12.6. The smallest absolute Gasteiger partial charge is 0.185 e. The van der Waals surface area contributed by atoms with Gasteiger partial charge in [-0.05, 0) is 74.2 Å². The third-order valence-electron chi connectivity index (χ3n) is 4.93. The fourth-order valence-electron chi connectivity index (χ4n) is 3.14. The molecule has 0 saturated carbocycles. The summed E-state index contributed by atoms with van der Waals surface area (Å²) in [5.41, 5.74) is 2.49. The van der Waals surface area contributed by atoms with Crippen LogP contribution >= 0.6 is 0 Å². The maximum Gasteiger partial charge on any atom is 0.185 e. The van der Waals surface area contributed by atoms with Crippen LogP contribution in [0.4, 0.5) is 0 Å². The fraction of sp³-hybridized carbons (Fsp3) is 0.393. The molecule has 2 aromatic rings. The lowest BCUT2D eigenvalue weighted by Gasteiger charge is -2.17. The van der Waals surface area contributed by atoms with Crippen LogP contribution in [0.1, 0.15) is 67.9 Å². The van der Waals surface area contributed by atoms with Crippen LogP contribution in [0, 0.1) is 0 Å². The molecule has 0 unspecified atom stereocenters. The number of benzene rings is 2. The van der Waals surface area contributed by atoms with Gasteiger partial charge in [0.05, 0.1) is 19.8 Å². The largest absolute Gasteiger partial charge is 0.494 e. The van der Waals surface area contributed by atoms with Crippen molar-refractivity contribution < 1.29 is 19.0 Å². The Morgan fingerprint density at radius 3 is 2.00 bits per heavy atom. The van der Waals surface area contributed by atoms with Crippen molar-refractivity contribution in [3.05, 3.63) is 71.8 Å². The molecule has 172 valence electrons. The molecule has 4 nitrogen and oxygen atoms in total. The Morgan fingerprint density at radius 1 is 0.906 bits per heavy atom. The van der Waals surface area contributed by atoms with Gasteiger partial charge in [0.15, 0.2) is 5.78 Å². The van der Waals surface area contributed by atoms with E-state index in [1.807, 2.05) is 43.3 Å². The number of carbonyl (C=O) groups excluding carboxylic acids is 1. The molecular formula is C28H36O4. The summed E-state index contributed by atoms with van der Waals surface area (Å²) < 4.78 is 17.6. The third kappa shape index (κ3) is 7.92. The molecule has 0 saturated heterocycles. The van der Waals surface area contributed by atoms with E-state index in [2.05, 4.69) is 20.4 Å². The van der Waals surface area contributed by atoms with E-state index in [-0.39, 0.29) is 5.78 Å². The molecule has 4 heteroatoms. The molecule has 0 atom stereocenters. The number of rotatable bonds is 15. The first-order valence-electron chi connectivity index (χ1n) is 11.6. The second kappa shape index (κ2) is 14.1. The first-order chi connectivity index (χ1) is 15.6. The Morgan fingerprint density at radius 2 is 1.50 bits per heavy atom. The maximum absolute atomic E-state index is 12.6. The predicted octanol–water partition coefficient (Wildman–Crippen LogP) is 7.07. The zero-order valence-corrected chi connectivity index (χ0v) is 19.7. The molecule has 0 bridgehead atoms. The van der Waals surface area contributed by atoms with Gasteiger partial charge in [0.25, 0.3) is 0 Å². The van der Waals surface area contributed by atoms with Crippen LogP contribution in [0.25, 0.3) is 6.08 Å². The number of carbonyl (C=O) groups is 1. The summed E-state index contributed by atoms with van der Waals surface area (Å²) in [7, 11) is 0. The van der Waals surface area contributed by atoms with Crippen molar-refractivity contribution >= 4 is 11.9 Å². The van der Waals surface area contributed by atoms with Gasteiger partial charge in [0.2, 0.25) is 0 Å². The van der Waals surface area contributed by atoms with Gasteiger partial charge in [-0.15, -0.1) is 6.58 Å². The lowest BCUT2D eigenvalue weighted by molar-refractivity contribution is 0.104. The van der Waals surface area contributed by atoms with Gasteiger partial charge in [0, 0.05) is 11.1 Å². The number of ether oxygens (including phenoxy) is 3. The lowest BCUT2D eigenvalue weighted by atomic mass is 10.0. The van der Waals surface area contributed by atoms with Crippen molar-refractivity contribution in [3.8, 4) is 17.2 Å². The highest BCUT2D eigenvalue weighted by Gasteiger charge is 2.13. The molecule has 2 aromatic carbocycles. The number of allylic oxidation sites excluding steroid dienone is 2. The van der Waals surface area contributed by atoms with Crippen LogP contribution in [-0.4, -0.2) is 25.6 Å². The minimum atomic E-state index is -0.0647. The molecule has 0 aliphatic heterocycles. The van der Waals surface area contributed by atoms with Crippen LogP contribution in [0.5, 0.6) is 17.2 Å². The van der Waals surface area contributed by atoms with Crippen LogP contribution in [0.2, 0.25) is 0 Å². The van der Waals surface area contributed by atoms with Crippen molar-refractivity contribution in [1.29, 1.82) is 0 Å². The standard InChI is InChI=1S/C28H36O4/c1-5-9-18-31-27-20-22(21-28(25(27)11-7-3)32-19-10-6-2)12-17-26(29)23-13-15-24(16-14-23)30-8-4/h7,12-17,20-21H,3,5-6,8-11,18-19H2,1-2,4H3. The molecule has 0 spiro atoms. The highest BCUT2D eigenvalue weighted by atomic mass is 16.5. The monoisotopic (exact) mass is 436 g/mol. The molecule has 0 aliphatic rings. The summed E-state index contributed by atoms with van der Waals surface area (Å²) in [5.74, 6) is 2.28. The SMILES string of the molecule is C=CCc1c(OCCCC)cc(C=CC(=O)c2ccc(OCC)cc2)cc1OCCCC. The summed E-state index contributed by atoms with van der Waals surface area (Å²) in [6, 6.07) is 11.1. The summed E-state index contributed by atoms with van der Waals surface area (Å²) in [6.45, 7) is 12.0. The number of hydrogen-bond acceptors (Lipinski definition) is 4. The molecule has 32 heavy (non-hydrogen) atoms. The third-order valence-corrected chi connectivity index (χ3v) is 4.93. The Hall–Kier alpha value is -3.01. The minimum absolute atomic E-state index is 0.0647. The molecule has 0 amide bonds. The Labute approximate surface area is 192 Å². The van der Waals surface area contributed by atoms with Crippen LogP contribution in [0.3, 0.4) is 0 Å². The molecule has 0 fully saturated rings. The van der Waals surface area contributed by atoms with E-state index in [0.717, 1.165) is 54.1 Å². The highest BCUT2D eigenvalue weighted by molar-refractivity contribution is 6.06. The molecule has 0 aromatic heterocycles. The predicted molar refractivity (Wildman–Crippen MR) is 132 cm³/mol. The minimum Gasteiger partial charge on any atom is -0.494 e. The van der Waals surface area contributed by atoms with Crippen molar-refractivity contribution in [2.75, 3.05) is 19.8 Å². The van der Waals surface area contributed by atoms with E-state index < -0.39 is 0 Å². The maximum atomic E-state index is 12.6. The Balaban J connectivity index is 2.28. The average Bonchev–Trinajstić information content (AvgIpc) is 2.80. The van der Waals surface area contributed by atoms with E-state index in [1.165, 1.54) is 0 Å². The number of ketones is 1. The van der Waals surface area contributed by atoms with Crippen molar-refractivity contribution in [1.82, 2.24) is 0 Å². The molecule has 0 radical (unpaired) electrons. The van der Waals surface area contributed by atoms with E-state index in [0.29, 0.717) is 31.8 Å². The molecule has 2 rings (SSSR count). The van der Waals surface area contributed by atoms with E-state index in [9.17, 15) is 4.79 Å². The molecule has 0 aliphatic carbocycles. The highest BCUT2D eigenvalue weighted by Crippen LogP contribution is 2.33. The number of unbranched alkanes of at least 4 members (excludes halogenated alkanes) is 2. The zero-order valence-electron chi connectivity index (χ0n) is 19.7. The van der Waals surface area contributed by atoms with Crippen molar-refractivity contribution in [2.45, 2.75) is 52.9 Å². The van der Waals surface area contributed by atoms with Gasteiger partial charge < -0.3 is 14.2 Å². The second-order valence-corrected chi connectivity index (χ2v) is 7.55. The van der Waals surface area contributed by atoms with Gasteiger partial charge in [-0.1, -0.05) is 38.8 Å². The van der Waals surface area contributed by atoms with Crippen molar-refractivity contribution in [3.63, 3.8) is 0 Å². The van der Waals surface area contributed by atoms with E-state index in [1.54, 1.807) is 18.2 Å². The molecular weight excluding hydrogens is 400 g/mol. The van der Waals surface area contributed by atoms with Crippen LogP contribution in [0.15, 0.2) is 55.1 Å². The van der Waals surface area contributed by atoms with Gasteiger partial charge in [-0.2, -0.15) is 0 Å². The van der Waals surface area contributed by atoms with Gasteiger partial charge in [-0.25, -0.2) is 0 Å². The normalized spacial score (nSPS) is 10.8. The zero-order chi connectivity index (χ0) is 23.2. The van der Waals surface area contributed by atoms with Crippen LogP contribution < -0.4 is 14.2 Å². The summed E-state index contributed by atoms with van der Waals surface area (Å²) in [5, 5.41) is 0. The van der Waals surface area contributed by atoms with E-state index >= 15 is 0 Å². The topological polar surface area (TPSA) is 44.8 Å². The fourth-order valence-corrected chi connectivity index (χ4v) is 3.14. The van der Waals surface area contributed by atoms with Gasteiger partial charge in [-0.3, -0.25) is 4.79 Å². The van der Waals surface area contributed by atoms with Crippen molar-refractivity contribution in [2.24, 2.45) is 0 Å². The van der Waals surface area contributed by atoms with Crippen LogP contribution in [-0.2, 0) is 6.42 Å². The Bertz CT molecular complexity index is 850. The second-order valence-electron chi connectivity index (χ2n) is 7.55. The first kappa shape index (κ1) is 25.3. The first-order valence-corrected chi connectivity index (χ1v) is 11.6. The summed E-state index contributed by atoms with van der Waals surface area (Å²) >= 11 is 0. The van der Waals surface area contributed by atoms with Gasteiger partial charge in [0.1, 0.15) is 17.2 Å². The lowest BCUT2D eigenvalue weighted by Crippen LogP contribution is -2.05. The summed E-state index contributed by atoms with van der Waals surface area (Å²) in [6.07, 6.45) is 10.0. The van der Waals surface area contributed by atoms with Gasteiger partial charge >= 0.3 is 0 Å². The number of hydrogen-bond donors (Lipinski definition) is 0. The Kier molecular flexibility index (Phi) is 11.1. The molecule has 0 heterocycles. The molecule has 0 N–H and O–H groups in total. The quantitative estimate of drug-likeness (QED) is 0.130. The van der Waals surface area contributed by atoms with E-state index in [4.69, 9.17) is 14.2 Å². The average molecular weight is 437 g/mol.